The summed E-state index contributed by atoms with van der Waals surface area (Å²) in [4.78, 5) is 20.4. The predicted molar refractivity (Wildman–Crippen MR) is 125 cm³/mol. The second-order valence-corrected chi connectivity index (χ2v) is 9.37. The van der Waals surface area contributed by atoms with E-state index in [9.17, 15) is 13.2 Å². The molecule has 0 atom stereocenters. The number of H-pyrrole nitrogens is 1. The first-order chi connectivity index (χ1) is 15.4. The van der Waals surface area contributed by atoms with Gasteiger partial charge in [-0.1, -0.05) is 11.6 Å². The molecule has 2 aromatic heterocycles. The zero-order valence-corrected chi connectivity index (χ0v) is 18.2. The molecule has 2 aromatic carbocycles. The maximum atomic E-state index is 12.7. The molecule has 0 aliphatic carbocycles. The second-order valence-electron chi connectivity index (χ2n) is 7.28. The van der Waals surface area contributed by atoms with Gasteiger partial charge in [0, 0.05) is 41.5 Å². The van der Waals surface area contributed by atoms with Crippen molar-refractivity contribution < 1.29 is 13.2 Å². The summed E-state index contributed by atoms with van der Waals surface area (Å²) in [5.41, 5.74) is 3.61. The molecule has 4 aromatic rings. The van der Waals surface area contributed by atoms with Crippen molar-refractivity contribution in [2.75, 3.05) is 22.7 Å². The molecular weight excluding hydrogens is 450 g/mol. The number of nitrogens with one attached hydrogen (secondary N) is 3. The number of pyridine rings is 1. The second kappa shape index (κ2) is 7.94. The van der Waals surface area contributed by atoms with Gasteiger partial charge in [-0.2, -0.15) is 13.1 Å². The molecule has 162 valence electrons. The van der Waals surface area contributed by atoms with Crippen molar-refractivity contribution in [1.29, 1.82) is 0 Å². The number of halogens is 1. The molecule has 1 fully saturated rings. The molecule has 3 N–H and O–H groups in total. The third-order valence-electron chi connectivity index (χ3n) is 5.22. The Morgan fingerprint density at radius 2 is 1.88 bits per heavy atom. The summed E-state index contributed by atoms with van der Waals surface area (Å²) >= 11 is 6.39. The molecule has 0 bridgehead atoms. The van der Waals surface area contributed by atoms with Crippen LogP contribution in [0.5, 0.6) is 0 Å². The minimum atomic E-state index is -3.50. The van der Waals surface area contributed by atoms with Gasteiger partial charge < -0.3 is 10.3 Å². The molecule has 0 unspecified atom stereocenters. The van der Waals surface area contributed by atoms with Gasteiger partial charge in [0.2, 0.25) is 0 Å². The molecule has 0 radical (unpaired) electrons. The third-order valence-corrected chi connectivity index (χ3v) is 7.09. The van der Waals surface area contributed by atoms with Crippen molar-refractivity contribution in [2.45, 2.75) is 0 Å². The van der Waals surface area contributed by atoms with E-state index in [0.717, 1.165) is 11.0 Å². The first-order valence-corrected chi connectivity index (χ1v) is 11.7. The summed E-state index contributed by atoms with van der Waals surface area (Å²) in [5, 5.41) is 4.37. The number of fused-ring (bicyclic) bond motifs is 1. The monoisotopic (exact) mass is 467 g/mol. The van der Waals surface area contributed by atoms with Crippen LogP contribution in [-0.4, -0.2) is 37.4 Å². The van der Waals surface area contributed by atoms with Crippen molar-refractivity contribution in [2.24, 2.45) is 0 Å². The number of anilines is 2. The van der Waals surface area contributed by atoms with Gasteiger partial charge >= 0.3 is 10.2 Å². The van der Waals surface area contributed by atoms with E-state index in [1.807, 2.05) is 24.4 Å². The lowest BCUT2D eigenvalue weighted by molar-refractivity contribution is 0.102. The number of hydrogen-bond donors (Lipinski definition) is 3. The maximum Gasteiger partial charge on any atom is 0.301 e. The highest BCUT2D eigenvalue weighted by Crippen LogP contribution is 2.31. The number of hydrogen-bond acceptors (Lipinski definition) is 4. The van der Waals surface area contributed by atoms with Crippen molar-refractivity contribution >= 4 is 50.1 Å². The van der Waals surface area contributed by atoms with Crippen LogP contribution in [0.1, 0.15) is 10.4 Å². The summed E-state index contributed by atoms with van der Waals surface area (Å²) in [6.45, 7) is 0.707. The zero-order valence-electron chi connectivity index (χ0n) is 16.7. The molecule has 1 amide bonds. The fourth-order valence-electron chi connectivity index (χ4n) is 3.60. The number of carbonyl (C=O) groups excluding carboxylic acids is 1. The molecule has 1 aliphatic heterocycles. The van der Waals surface area contributed by atoms with Crippen LogP contribution in [0.25, 0.3) is 22.3 Å². The van der Waals surface area contributed by atoms with Gasteiger partial charge in [-0.3, -0.25) is 9.10 Å². The molecule has 10 heteroatoms. The lowest BCUT2D eigenvalue weighted by Gasteiger charge is -2.16. The number of nitrogens with zero attached hydrogens (tertiary/aromatic N) is 2. The fourth-order valence-corrected chi connectivity index (χ4v) is 5.05. The molecule has 0 saturated carbocycles. The Hall–Kier alpha value is -3.40. The molecule has 5 rings (SSSR count). The topological polar surface area (TPSA) is 107 Å². The van der Waals surface area contributed by atoms with Crippen LogP contribution in [0.15, 0.2) is 66.9 Å². The molecule has 0 spiro atoms. The van der Waals surface area contributed by atoms with Gasteiger partial charge in [0.15, 0.2) is 0 Å². The first-order valence-electron chi connectivity index (χ1n) is 9.83. The Morgan fingerprint density at radius 3 is 2.62 bits per heavy atom. The summed E-state index contributed by atoms with van der Waals surface area (Å²) in [6, 6.07) is 17.4. The van der Waals surface area contributed by atoms with Gasteiger partial charge in [-0.05, 0) is 60.7 Å². The smallest absolute Gasteiger partial charge is 0.301 e. The highest BCUT2D eigenvalue weighted by Gasteiger charge is 2.27. The summed E-state index contributed by atoms with van der Waals surface area (Å²) < 4.78 is 27.7. The van der Waals surface area contributed by atoms with Gasteiger partial charge in [0.25, 0.3) is 5.91 Å². The van der Waals surface area contributed by atoms with E-state index in [1.54, 1.807) is 42.5 Å². The average Bonchev–Trinajstić information content (AvgIpc) is 3.40. The van der Waals surface area contributed by atoms with Crippen LogP contribution in [0.4, 0.5) is 11.4 Å². The number of aromatic amines is 1. The SMILES string of the molecule is O=C(Nc1ccc(Cl)c(-c2ccc3cc[nH]c3n2)c1)c1ccc(N2CCNS2(=O)=O)cc1. The van der Waals surface area contributed by atoms with Crippen molar-refractivity contribution in [1.82, 2.24) is 14.7 Å². The van der Waals surface area contributed by atoms with Crippen LogP contribution in [-0.2, 0) is 10.2 Å². The van der Waals surface area contributed by atoms with Crippen LogP contribution in [0, 0.1) is 0 Å². The minimum absolute atomic E-state index is 0.319. The molecular formula is C22H18ClN5O3S. The van der Waals surface area contributed by atoms with E-state index in [4.69, 9.17) is 11.6 Å². The Labute approximate surface area is 189 Å². The molecule has 3 heterocycles. The van der Waals surface area contributed by atoms with Crippen LogP contribution in [0.2, 0.25) is 5.02 Å². The Kier molecular flexibility index (Phi) is 5.09. The summed E-state index contributed by atoms with van der Waals surface area (Å²) in [7, 11) is -3.50. The highest BCUT2D eigenvalue weighted by molar-refractivity contribution is 7.91. The number of rotatable bonds is 4. The summed E-state index contributed by atoms with van der Waals surface area (Å²) in [6.07, 6.45) is 1.82. The lowest BCUT2D eigenvalue weighted by atomic mass is 10.1. The van der Waals surface area contributed by atoms with Gasteiger partial charge in [0.05, 0.1) is 16.4 Å². The lowest BCUT2D eigenvalue weighted by Crippen LogP contribution is -2.29. The number of carbonyl (C=O) groups is 1. The Morgan fingerprint density at radius 1 is 1.06 bits per heavy atom. The maximum absolute atomic E-state index is 12.7. The third kappa shape index (κ3) is 3.81. The molecule has 8 nitrogen and oxygen atoms in total. The molecule has 32 heavy (non-hydrogen) atoms. The van der Waals surface area contributed by atoms with Gasteiger partial charge in [-0.15, -0.1) is 0 Å². The quantitative estimate of drug-likeness (QED) is 0.424. The van der Waals surface area contributed by atoms with Crippen LogP contribution >= 0.6 is 11.6 Å². The Balaban J connectivity index is 1.37. The van der Waals surface area contributed by atoms with Crippen molar-refractivity contribution in [3.05, 3.63) is 77.4 Å². The van der Waals surface area contributed by atoms with Crippen LogP contribution in [0.3, 0.4) is 0 Å². The average molecular weight is 468 g/mol. The summed E-state index contributed by atoms with van der Waals surface area (Å²) in [5.74, 6) is -0.319. The largest absolute Gasteiger partial charge is 0.346 e. The van der Waals surface area contributed by atoms with E-state index in [2.05, 4.69) is 20.0 Å². The van der Waals surface area contributed by atoms with E-state index < -0.39 is 10.2 Å². The van der Waals surface area contributed by atoms with E-state index in [-0.39, 0.29) is 5.91 Å². The standard InChI is InChI=1S/C22H18ClN5O3S/c23-19-7-4-16(13-18(19)20-8-3-14-9-10-24-21(14)27-20)26-22(29)15-1-5-17(6-2-15)28-12-11-25-32(28,30)31/h1-10,13,25H,11-12H2,(H,24,27)(H,26,29). The number of aromatic nitrogens is 2. The van der Waals surface area contributed by atoms with E-state index in [1.165, 1.54) is 4.31 Å². The molecule has 1 saturated heterocycles. The highest BCUT2D eigenvalue weighted by atomic mass is 35.5. The van der Waals surface area contributed by atoms with Gasteiger partial charge in [-0.25, -0.2) is 4.98 Å². The van der Waals surface area contributed by atoms with Crippen LogP contribution < -0.4 is 14.3 Å². The van der Waals surface area contributed by atoms with Crippen molar-refractivity contribution in [3.63, 3.8) is 0 Å². The minimum Gasteiger partial charge on any atom is -0.346 e. The van der Waals surface area contributed by atoms with Gasteiger partial charge in [0.1, 0.15) is 5.65 Å². The van der Waals surface area contributed by atoms with E-state index in [0.29, 0.717) is 46.3 Å². The Bertz CT molecular complexity index is 1430. The first kappa shape index (κ1) is 20.5. The zero-order chi connectivity index (χ0) is 22.3. The van der Waals surface area contributed by atoms with Crippen molar-refractivity contribution in [3.8, 4) is 11.3 Å². The predicted octanol–water partition coefficient (Wildman–Crippen LogP) is 3.79. The molecule has 1 aliphatic rings. The normalized spacial score (nSPS) is 15.2. The number of amides is 1. The van der Waals surface area contributed by atoms with E-state index >= 15 is 0 Å². The fraction of sp³-hybridized carbons (Fsp3) is 0.0909. The number of benzene rings is 2.